The van der Waals surface area contributed by atoms with E-state index in [1.54, 1.807) is 0 Å². The summed E-state index contributed by atoms with van der Waals surface area (Å²) in [6.45, 7) is 2.40. The molecule has 26 heavy (non-hydrogen) atoms. The second-order valence-electron chi connectivity index (χ2n) is 6.86. The number of amides is 2. The first-order valence-electron chi connectivity index (χ1n) is 9.20. The van der Waals surface area contributed by atoms with Gasteiger partial charge in [-0.05, 0) is 42.5 Å². The number of aromatic nitrogens is 1. The van der Waals surface area contributed by atoms with Gasteiger partial charge in [0.1, 0.15) is 11.5 Å². The lowest BCUT2D eigenvalue weighted by atomic mass is 9.96. The highest BCUT2D eigenvalue weighted by Gasteiger charge is 2.20. The van der Waals surface area contributed by atoms with E-state index in [0.717, 1.165) is 48.1 Å². The van der Waals surface area contributed by atoms with Crippen LogP contribution in [-0.4, -0.2) is 11.2 Å². The summed E-state index contributed by atoms with van der Waals surface area (Å²) in [6.07, 6.45) is 4.25. The summed E-state index contributed by atoms with van der Waals surface area (Å²) in [7, 11) is 0. The van der Waals surface area contributed by atoms with E-state index in [1.165, 1.54) is 10.9 Å². The first-order valence-corrected chi connectivity index (χ1v) is 9.20. The largest absolute Gasteiger partial charge is 0.361 e. The second-order valence-corrected chi connectivity index (χ2v) is 6.86. The number of fused-ring (bicyclic) bond motifs is 2. The van der Waals surface area contributed by atoms with Crippen molar-refractivity contribution in [3.63, 3.8) is 0 Å². The molecule has 1 aliphatic carbocycles. The minimum Gasteiger partial charge on any atom is -0.361 e. The maximum atomic E-state index is 12.3. The third kappa shape index (κ3) is 3.29. The summed E-state index contributed by atoms with van der Waals surface area (Å²) in [6, 6.07) is 14.1. The molecule has 1 aromatic heterocycles. The zero-order valence-corrected chi connectivity index (χ0v) is 14.9. The predicted molar refractivity (Wildman–Crippen MR) is 101 cm³/mol. The number of hydrogen-bond donors (Lipinski definition) is 2. The molecule has 1 aliphatic rings. The highest BCUT2D eigenvalue weighted by atomic mass is 16.5. The van der Waals surface area contributed by atoms with E-state index in [1.807, 2.05) is 25.1 Å². The molecule has 2 aromatic carbocycles. The number of nitrogens with one attached hydrogen (secondary N) is 2. The molecule has 0 saturated heterocycles. The Bertz CT molecular complexity index is 927. The molecule has 0 saturated carbocycles. The van der Waals surface area contributed by atoms with Gasteiger partial charge in [-0.1, -0.05) is 47.6 Å². The Morgan fingerprint density at radius 3 is 2.88 bits per heavy atom. The van der Waals surface area contributed by atoms with Crippen LogP contribution in [0.5, 0.6) is 0 Å². The quantitative estimate of drug-likeness (QED) is 0.739. The highest BCUT2D eigenvalue weighted by molar-refractivity contribution is 5.86. The van der Waals surface area contributed by atoms with Crippen LogP contribution in [0.15, 0.2) is 47.0 Å². The molecule has 0 aliphatic heterocycles. The van der Waals surface area contributed by atoms with Gasteiger partial charge in [-0.15, -0.1) is 0 Å². The van der Waals surface area contributed by atoms with Crippen molar-refractivity contribution in [3.05, 3.63) is 65.0 Å². The highest BCUT2D eigenvalue weighted by Crippen LogP contribution is 2.25. The molecular weight excluding hydrogens is 326 g/mol. The van der Waals surface area contributed by atoms with E-state index < -0.39 is 0 Å². The van der Waals surface area contributed by atoms with Crippen LogP contribution < -0.4 is 10.6 Å². The second kappa shape index (κ2) is 7.20. The maximum Gasteiger partial charge on any atom is 0.315 e. The minimum absolute atomic E-state index is 0.0904. The van der Waals surface area contributed by atoms with Crippen LogP contribution in [0.1, 0.15) is 48.4 Å². The molecule has 4 rings (SSSR count). The van der Waals surface area contributed by atoms with Crippen molar-refractivity contribution in [1.29, 1.82) is 0 Å². The van der Waals surface area contributed by atoms with Gasteiger partial charge in [0.05, 0.1) is 12.6 Å². The first-order chi connectivity index (χ1) is 12.7. The molecule has 0 radical (unpaired) electrons. The summed E-state index contributed by atoms with van der Waals surface area (Å²) >= 11 is 0. The smallest absolute Gasteiger partial charge is 0.315 e. The minimum atomic E-state index is -0.196. The van der Waals surface area contributed by atoms with Gasteiger partial charge in [0.2, 0.25) is 0 Å². The molecule has 0 bridgehead atoms. The van der Waals surface area contributed by atoms with E-state index in [-0.39, 0.29) is 12.1 Å². The SMILES string of the molecule is C[C@@H](NC(=O)NCc1noc2c1CCCC2)c1cccc2ccccc12. The molecule has 1 heterocycles. The number of benzene rings is 2. The lowest BCUT2D eigenvalue weighted by Crippen LogP contribution is -2.37. The molecule has 3 aromatic rings. The maximum absolute atomic E-state index is 12.3. The number of carbonyl (C=O) groups excluding carboxylic acids is 1. The Kier molecular flexibility index (Phi) is 4.61. The Balaban J connectivity index is 1.41. The number of hydrogen-bond acceptors (Lipinski definition) is 3. The average Bonchev–Trinajstić information content (AvgIpc) is 3.09. The molecule has 1 atom stereocenters. The number of aryl methyl sites for hydroxylation is 1. The van der Waals surface area contributed by atoms with Crippen LogP contribution in [0.4, 0.5) is 4.79 Å². The van der Waals surface area contributed by atoms with Crippen LogP contribution >= 0.6 is 0 Å². The zero-order chi connectivity index (χ0) is 17.9. The van der Waals surface area contributed by atoms with Crippen LogP contribution in [0.3, 0.4) is 0 Å². The molecule has 5 nitrogen and oxygen atoms in total. The Hall–Kier alpha value is -2.82. The van der Waals surface area contributed by atoms with Crippen molar-refractivity contribution >= 4 is 16.8 Å². The summed E-state index contributed by atoms with van der Waals surface area (Å²) in [5.41, 5.74) is 3.14. The predicted octanol–water partition coefficient (Wildman–Crippen LogP) is 4.27. The van der Waals surface area contributed by atoms with Gasteiger partial charge in [0, 0.05) is 12.0 Å². The lowest BCUT2D eigenvalue weighted by molar-refractivity contribution is 0.237. The third-order valence-electron chi connectivity index (χ3n) is 5.09. The van der Waals surface area contributed by atoms with Gasteiger partial charge in [0.25, 0.3) is 0 Å². The van der Waals surface area contributed by atoms with Crippen LogP contribution in [0.2, 0.25) is 0 Å². The van der Waals surface area contributed by atoms with Crippen molar-refractivity contribution in [2.45, 2.75) is 45.2 Å². The standard InChI is InChI=1S/C21H23N3O2/c1-14(16-11-6-8-15-7-2-3-9-17(15)16)23-21(25)22-13-19-18-10-4-5-12-20(18)26-24-19/h2-3,6-9,11,14H,4-5,10,12-13H2,1H3,(H2,22,23,25)/t14-/m1/s1. The molecule has 0 fully saturated rings. The van der Waals surface area contributed by atoms with E-state index >= 15 is 0 Å². The van der Waals surface area contributed by atoms with Crippen LogP contribution in [0.25, 0.3) is 10.8 Å². The van der Waals surface area contributed by atoms with Gasteiger partial charge in [-0.2, -0.15) is 0 Å². The topological polar surface area (TPSA) is 67.2 Å². The van der Waals surface area contributed by atoms with Crippen molar-refractivity contribution in [2.75, 3.05) is 0 Å². The fraction of sp³-hybridized carbons (Fsp3) is 0.333. The lowest BCUT2D eigenvalue weighted by Gasteiger charge is -2.17. The Morgan fingerprint density at radius 1 is 1.15 bits per heavy atom. The number of rotatable bonds is 4. The van der Waals surface area contributed by atoms with E-state index in [9.17, 15) is 4.79 Å². The summed E-state index contributed by atoms with van der Waals surface area (Å²) < 4.78 is 5.40. The van der Waals surface area contributed by atoms with Gasteiger partial charge in [-0.25, -0.2) is 4.79 Å². The van der Waals surface area contributed by atoms with Crippen LogP contribution in [-0.2, 0) is 19.4 Å². The summed E-state index contributed by atoms with van der Waals surface area (Å²) in [5, 5.41) is 12.4. The fourth-order valence-electron chi connectivity index (χ4n) is 3.71. The van der Waals surface area contributed by atoms with Gasteiger partial charge >= 0.3 is 6.03 Å². The molecule has 0 unspecified atom stereocenters. The zero-order valence-electron chi connectivity index (χ0n) is 14.9. The number of urea groups is 1. The van der Waals surface area contributed by atoms with E-state index in [4.69, 9.17) is 4.52 Å². The van der Waals surface area contributed by atoms with Crippen molar-refractivity contribution < 1.29 is 9.32 Å². The third-order valence-corrected chi connectivity index (χ3v) is 5.09. The molecule has 0 spiro atoms. The Labute approximate surface area is 152 Å². The number of nitrogens with zero attached hydrogens (tertiary/aromatic N) is 1. The molecule has 5 heteroatoms. The summed E-state index contributed by atoms with van der Waals surface area (Å²) in [5.74, 6) is 0.984. The van der Waals surface area contributed by atoms with Gasteiger partial charge < -0.3 is 15.2 Å². The van der Waals surface area contributed by atoms with Crippen molar-refractivity contribution in [1.82, 2.24) is 15.8 Å². The number of carbonyl (C=O) groups is 1. The first kappa shape index (κ1) is 16.6. The van der Waals surface area contributed by atoms with Gasteiger partial charge in [0.15, 0.2) is 0 Å². The van der Waals surface area contributed by atoms with Gasteiger partial charge in [-0.3, -0.25) is 0 Å². The Morgan fingerprint density at radius 2 is 1.96 bits per heavy atom. The molecule has 2 amide bonds. The molecular formula is C21H23N3O2. The molecule has 134 valence electrons. The summed E-state index contributed by atoms with van der Waals surface area (Å²) in [4.78, 5) is 12.3. The normalized spacial score (nSPS) is 14.7. The molecule has 2 N–H and O–H groups in total. The monoisotopic (exact) mass is 349 g/mol. The van der Waals surface area contributed by atoms with E-state index in [0.29, 0.717) is 6.54 Å². The average molecular weight is 349 g/mol. The van der Waals surface area contributed by atoms with Crippen molar-refractivity contribution in [3.8, 4) is 0 Å². The van der Waals surface area contributed by atoms with Crippen molar-refractivity contribution in [2.24, 2.45) is 0 Å². The van der Waals surface area contributed by atoms with E-state index in [2.05, 4.69) is 40.1 Å². The fourth-order valence-corrected chi connectivity index (χ4v) is 3.71. The van der Waals surface area contributed by atoms with Crippen LogP contribution in [0, 0.1) is 0 Å².